The fraction of sp³-hybridized carbons (Fsp3) is 1.00. The second-order valence-corrected chi connectivity index (χ2v) is 11.9. The number of fused-ring (bicyclic) bond motifs is 5. The molecule has 1 heterocycles. The van der Waals surface area contributed by atoms with E-state index in [1.807, 2.05) is 0 Å². The van der Waals surface area contributed by atoms with E-state index in [0.717, 1.165) is 41.5 Å². The fourth-order valence-corrected chi connectivity index (χ4v) is 8.86. The van der Waals surface area contributed by atoms with Crippen LogP contribution in [0.25, 0.3) is 0 Å². The van der Waals surface area contributed by atoms with Crippen LogP contribution in [0, 0.1) is 46.3 Å². The van der Waals surface area contributed by atoms with Gasteiger partial charge in [0.1, 0.15) is 0 Å². The van der Waals surface area contributed by atoms with Crippen LogP contribution in [-0.4, -0.2) is 12.6 Å². The van der Waals surface area contributed by atoms with E-state index in [9.17, 15) is 0 Å². The highest BCUT2D eigenvalue weighted by Crippen LogP contribution is 2.66. The summed E-state index contributed by atoms with van der Waals surface area (Å²) in [6.45, 7) is 14.2. The van der Waals surface area contributed by atoms with Gasteiger partial charge in [0.05, 0.1) is 12.6 Å². The molecule has 8 atom stereocenters. The van der Waals surface area contributed by atoms with Crippen LogP contribution in [0.2, 0.25) is 0 Å². The van der Waals surface area contributed by atoms with Gasteiger partial charge in [-0.25, -0.2) is 0 Å². The minimum atomic E-state index is 0.671. The first-order chi connectivity index (χ1) is 12.4. The molecule has 1 nitrogen and oxygen atoms in total. The maximum atomic E-state index is 2.74. The summed E-state index contributed by atoms with van der Waals surface area (Å²) in [6, 6.07) is 0.959. The lowest BCUT2D eigenvalue weighted by atomic mass is 9.48. The Balaban J connectivity index is 1.46. The topological polar surface area (TPSA) is 16.6 Å². The molecule has 0 aromatic heterocycles. The Morgan fingerprint density at radius 2 is 1.62 bits per heavy atom. The minimum Gasteiger partial charge on any atom is -0.343 e. The van der Waals surface area contributed by atoms with Crippen LogP contribution in [0.5, 0.6) is 0 Å². The van der Waals surface area contributed by atoms with Crippen molar-refractivity contribution in [3.8, 4) is 0 Å². The van der Waals surface area contributed by atoms with E-state index in [4.69, 9.17) is 0 Å². The zero-order valence-electron chi connectivity index (χ0n) is 18.4. The highest BCUT2D eigenvalue weighted by Gasteiger charge is 2.61. The molecule has 0 aromatic carbocycles. The van der Waals surface area contributed by atoms with Crippen molar-refractivity contribution in [3.05, 3.63) is 0 Å². The number of hydrogen-bond acceptors (Lipinski definition) is 0. The van der Waals surface area contributed by atoms with Gasteiger partial charge in [0.15, 0.2) is 0 Å². The normalized spacial score (nSPS) is 48.9. The summed E-state index contributed by atoms with van der Waals surface area (Å²) < 4.78 is 0. The molecule has 3 saturated carbocycles. The van der Waals surface area contributed by atoms with Gasteiger partial charge < -0.3 is 5.32 Å². The summed E-state index contributed by atoms with van der Waals surface area (Å²) in [5.41, 5.74) is 1.34. The van der Waals surface area contributed by atoms with E-state index in [-0.39, 0.29) is 0 Å². The first-order valence-electron chi connectivity index (χ1n) is 12.2. The van der Waals surface area contributed by atoms with E-state index < -0.39 is 0 Å². The van der Waals surface area contributed by atoms with E-state index in [0.29, 0.717) is 10.8 Å². The van der Waals surface area contributed by atoms with E-state index in [1.54, 1.807) is 32.1 Å². The Kier molecular flexibility index (Phi) is 5.26. The van der Waals surface area contributed by atoms with Gasteiger partial charge in [-0.05, 0) is 73.0 Å². The summed E-state index contributed by atoms with van der Waals surface area (Å²) in [5, 5.41) is 2.71. The Morgan fingerprint density at radius 3 is 2.38 bits per heavy atom. The predicted molar refractivity (Wildman–Crippen MR) is 111 cm³/mol. The Labute approximate surface area is 163 Å². The van der Waals surface area contributed by atoms with Gasteiger partial charge in [-0.1, -0.05) is 53.9 Å². The number of quaternary nitrogens is 1. The average molecular weight is 361 g/mol. The SMILES string of the molecule is CC(C)CCC[C@H](C)[C@H]1CC[C@H]2[C@H]3CC[C@H]4[NH2+]CC[C@]4(C)[C@@H]3CC[C@]12C. The lowest BCUT2D eigenvalue weighted by Gasteiger charge is -2.56. The smallest absolute Gasteiger partial charge is 0.0918 e. The number of rotatable bonds is 5. The van der Waals surface area contributed by atoms with Crippen molar-refractivity contribution < 1.29 is 5.32 Å². The maximum absolute atomic E-state index is 2.74. The predicted octanol–water partition coefficient (Wildman–Crippen LogP) is 5.64. The molecule has 1 aliphatic heterocycles. The van der Waals surface area contributed by atoms with Crippen LogP contribution in [0.15, 0.2) is 0 Å². The molecular formula is C25H46N+. The standard InChI is InChI=1S/C25H45N/c1-17(2)7-6-8-18(3)20-10-11-21-19-9-12-23-25(5,15-16-26-23)22(19)13-14-24(20,21)4/h17-23,26H,6-16H2,1-5H3/p+1/t18-,19+,20+,21-,22+,23+,24+,25+/m0/s1. The summed E-state index contributed by atoms with van der Waals surface area (Å²) in [6.07, 6.45) is 15.1. The Bertz CT molecular complexity index is 498. The molecule has 1 heteroatoms. The third-order valence-electron chi connectivity index (χ3n) is 10.3. The van der Waals surface area contributed by atoms with Crippen molar-refractivity contribution in [2.45, 2.75) is 105 Å². The van der Waals surface area contributed by atoms with Gasteiger partial charge >= 0.3 is 0 Å². The van der Waals surface area contributed by atoms with Crippen molar-refractivity contribution in [1.82, 2.24) is 0 Å². The van der Waals surface area contributed by atoms with E-state index >= 15 is 0 Å². The van der Waals surface area contributed by atoms with Crippen LogP contribution < -0.4 is 5.32 Å². The van der Waals surface area contributed by atoms with Gasteiger partial charge in [0.2, 0.25) is 0 Å². The van der Waals surface area contributed by atoms with Crippen LogP contribution >= 0.6 is 0 Å². The van der Waals surface area contributed by atoms with Gasteiger partial charge in [-0.2, -0.15) is 0 Å². The second kappa shape index (κ2) is 7.09. The lowest BCUT2D eigenvalue weighted by molar-refractivity contribution is -0.680. The zero-order valence-corrected chi connectivity index (χ0v) is 18.4. The molecule has 3 aliphatic carbocycles. The third kappa shape index (κ3) is 2.99. The van der Waals surface area contributed by atoms with Crippen LogP contribution in [0.1, 0.15) is 98.8 Å². The molecule has 0 spiro atoms. The fourth-order valence-electron chi connectivity index (χ4n) is 8.86. The zero-order chi connectivity index (χ0) is 18.5. The molecule has 0 amide bonds. The number of nitrogens with two attached hydrogens (primary N) is 1. The van der Waals surface area contributed by atoms with Crippen molar-refractivity contribution in [3.63, 3.8) is 0 Å². The van der Waals surface area contributed by atoms with Gasteiger partial charge in [-0.15, -0.1) is 0 Å². The summed E-state index contributed by atoms with van der Waals surface area (Å²) in [4.78, 5) is 0. The molecule has 4 fully saturated rings. The van der Waals surface area contributed by atoms with Crippen molar-refractivity contribution >= 4 is 0 Å². The molecule has 0 unspecified atom stereocenters. The van der Waals surface area contributed by atoms with Crippen LogP contribution in [0.3, 0.4) is 0 Å². The lowest BCUT2D eigenvalue weighted by Crippen LogP contribution is -2.89. The maximum Gasteiger partial charge on any atom is 0.0918 e. The summed E-state index contributed by atoms with van der Waals surface area (Å²) >= 11 is 0. The molecule has 0 aromatic rings. The quantitative estimate of drug-likeness (QED) is 0.653. The minimum absolute atomic E-state index is 0.671. The molecule has 2 N–H and O–H groups in total. The first kappa shape index (κ1) is 19.3. The average Bonchev–Trinajstić information content (AvgIpc) is 3.13. The highest BCUT2D eigenvalue weighted by molar-refractivity contribution is 5.09. The first-order valence-corrected chi connectivity index (χ1v) is 12.2. The molecule has 0 bridgehead atoms. The third-order valence-corrected chi connectivity index (χ3v) is 10.3. The van der Waals surface area contributed by atoms with E-state index in [2.05, 4.69) is 39.9 Å². The van der Waals surface area contributed by atoms with Gasteiger partial charge in [0, 0.05) is 18.3 Å². The molecule has 1 saturated heterocycles. The molecule has 4 aliphatic rings. The van der Waals surface area contributed by atoms with E-state index in [1.165, 1.54) is 38.6 Å². The summed E-state index contributed by atoms with van der Waals surface area (Å²) in [7, 11) is 0. The molecular weight excluding hydrogens is 314 g/mol. The highest BCUT2D eigenvalue weighted by atomic mass is 15.0. The molecule has 26 heavy (non-hydrogen) atoms. The van der Waals surface area contributed by atoms with Crippen LogP contribution in [0.4, 0.5) is 0 Å². The van der Waals surface area contributed by atoms with Gasteiger partial charge in [-0.3, -0.25) is 0 Å². The Hall–Kier alpha value is -0.0400. The Morgan fingerprint density at radius 1 is 0.846 bits per heavy atom. The van der Waals surface area contributed by atoms with Crippen LogP contribution in [-0.2, 0) is 0 Å². The van der Waals surface area contributed by atoms with Crippen molar-refractivity contribution in [1.29, 1.82) is 0 Å². The largest absolute Gasteiger partial charge is 0.343 e. The van der Waals surface area contributed by atoms with Gasteiger partial charge in [0.25, 0.3) is 0 Å². The number of hydrogen-bond donors (Lipinski definition) is 1. The van der Waals surface area contributed by atoms with Crippen molar-refractivity contribution in [2.24, 2.45) is 46.3 Å². The van der Waals surface area contributed by atoms with Crippen molar-refractivity contribution in [2.75, 3.05) is 6.54 Å². The monoisotopic (exact) mass is 360 g/mol. The summed E-state index contributed by atoms with van der Waals surface area (Å²) in [5.74, 6) is 6.01. The molecule has 0 radical (unpaired) electrons. The molecule has 150 valence electrons. The molecule has 4 rings (SSSR count). The second-order valence-electron chi connectivity index (χ2n) is 11.9.